The molecule has 0 aliphatic rings. The molecule has 0 radical (unpaired) electrons. The first-order chi connectivity index (χ1) is 13.3. The molecule has 0 aliphatic carbocycles. The fraction of sp³-hybridized carbons (Fsp3) is 0.400. The highest BCUT2D eigenvalue weighted by Crippen LogP contribution is 2.59. The Morgan fingerprint density at radius 1 is 1.00 bits per heavy atom. The van der Waals surface area contributed by atoms with Gasteiger partial charge in [-0.3, -0.25) is 4.57 Å². The van der Waals surface area contributed by atoms with Crippen molar-refractivity contribution in [1.82, 2.24) is 0 Å². The summed E-state index contributed by atoms with van der Waals surface area (Å²) < 4.78 is 35.4. The van der Waals surface area contributed by atoms with Crippen LogP contribution in [0.15, 0.2) is 36.4 Å². The van der Waals surface area contributed by atoms with Gasteiger partial charge in [-0.1, -0.05) is 0 Å². The SMILES string of the molecule is CCO[P@](=O)(c1ccc(N(C)C)cc1)[C@@H](O)c1cc(OC)c(OC)c(OC)c1. The van der Waals surface area contributed by atoms with E-state index < -0.39 is 13.2 Å². The zero-order valence-electron chi connectivity index (χ0n) is 17.1. The summed E-state index contributed by atoms with van der Waals surface area (Å²) in [5.41, 5.74) is 1.30. The molecule has 0 bridgehead atoms. The molecule has 2 aromatic carbocycles. The Bertz CT molecular complexity index is 812. The van der Waals surface area contributed by atoms with Gasteiger partial charge >= 0.3 is 0 Å². The number of aliphatic hydroxyl groups excluding tert-OH is 1. The summed E-state index contributed by atoms with van der Waals surface area (Å²) in [7, 11) is 4.66. The minimum Gasteiger partial charge on any atom is -0.493 e. The Hall–Kier alpha value is -2.21. The second-order valence-corrected chi connectivity index (χ2v) is 8.72. The van der Waals surface area contributed by atoms with Crippen LogP contribution >= 0.6 is 7.37 Å². The number of anilines is 1. The zero-order valence-corrected chi connectivity index (χ0v) is 18.0. The molecule has 0 amide bonds. The van der Waals surface area contributed by atoms with Crippen molar-refractivity contribution in [2.75, 3.05) is 46.9 Å². The van der Waals surface area contributed by atoms with Crippen LogP contribution in [0, 0.1) is 0 Å². The molecule has 8 heteroatoms. The molecule has 0 fully saturated rings. The fourth-order valence-electron chi connectivity index (χ4n) is 2.88. The smallest absolute Gasteiger partial charge is 0.264 e. The molecule has 0 aliphatic heterocycles. The number of ether oxygens (including phenoxy) is 3. The second kappa shape index (κ2) is 9.32. The van der Waals surface area contributed by atoms with Gasteiger partial charge in [-0.2, -0.15) is 0 Å². The number of methoxy groups -OCH3 is 3. The Morgan fingerprint density at radius 3 is 1.93 bits per heavy atom. The molecule has 0 saturated heterocycles. The standard InChI is InChI=1S/C20H28NO6P/c1-7-27-28(23,16-10-8-15(9-11-16)21(2)3)20(22)14-12-17(24-4)19(26-6)18(13-14)25-5/h8-13,20,22H,7H2,1-6H3/t20-,28-/m1/s1. The Labute approximate surface area is 166 Å². The largest absolute Gasteiger partial charge is 0.493 e. The molecule has 0 aromatic heterocycles. The van der Waals surface area contributed by atoms with Crippen molar-refractivity contribution in [3.05, 3.63) is 42.0 Å². The molecule has 0 spiro atoms. The van der Waals surface area contributed by atoms with Gasteiger partial charge in [0.2, 0.25) is 5.75 Å². The minimum absolute atomic E-state index is 0.189. The molecule has 0 heterocycles. The molecule has 2 rings (SSSR count). The molecular formula is C20H28NO6P. The van der Waals surface area contributed by atoms with Crippen molar-refractivity contribution in [3.63, 3.8) is 0 Å². The molecular weight excluding hydrogens is 381 g/mol. The van der Waals surface area contributed by atoms with Gasteiger partial charge < -0.3 is 28.7 Å². The van der Waals surface area contributed by atoms with Crippen LogP contribution in [0.5, 0.6) is 17.2 Å². The molecule has 0 unspecified atom stereocenters. The highest BCUT2D eigenvalue weighted by atomic mass is 31.2. The normalized spacial score (nSPS) is 14.1. The summed E-state index contributed by atoms with van der Waals surface area (Å²) in [6.07, 6.45) is 0. The maximum absolute atomic E-state index is 13.8. The molecule has 154 valence electrons. The van der Waals surface area contributed by atoms with Gasteiger partial charge in [0, 0.05) is 25.1 Å². The lowest BCUT2D eigenvalue weighted by Crippen LogP contribution is -2.16. The zero-order chi connectivity index (χ0) is 20.9. The summed E-state index contributed by atoms with van der Waals surface area (Å²) in [5.74, 6) is -0.280. The van der Waals surface area contributed by atoms with E-state index in [-0.39, 0.29) is 6.61 Å². The predicted molar refractivity (Wildman–Crippen MR) is 111 cm³/mol. The molecule has 2 atom stereocenters. The topological polar surface area (TPSA) is 77.5 Å². The number of benzene rings is 2. The van der Waals surface area contributed by atoms with E-state index in [9.17, 15) is 9.67 Å². The van der Waals surface area contributed by atoms with Gasteiger partial charge in [0.1, 0.15) is 0 Å². The maximum Gasteiger partial charge on any atom is 0.264 e. The van der Waals surface area contributed by atoms with Gasteiger partial charge in [-0.15, -0.1) is 0 Å². The van der Waals surface area contributed by atoms with Crippen LogP contribution in [0.3, 0.4) is 0 Å². The quantitative estimate of drug-likeness (QED) is 0.636. The van der Waals surface area contributed by atoms with E-state index >= 15 is 0 Å². The van der Waals surface area contributed by atoms with Gasteiger partial charge in [0.15, 0.2) is 17.3 Å². The lowest BCUT2D eigenvalue weighted by molar-refractivity contribution is 0.217. The van der Waals surface area contributed by atoms with Gasteiger partial charge in [0.05, 0.1) is 27.9 Å². The lowest BCUT2D eigenvalue weighted by Gasteiger charge is -2.25. The van der Waals surface area contributed by atoms with Crippen LogP contribution in [0.4, 0.5) is 5.69 Å². The molecule has 0 saturated carbocycles. The van der Waals surface area contributed by atoms with Crippen LogP contribution in [-0.2, 0) is 9.09 Å². The number of hydrogen-bond donors (Lipinski definition) is 1. The molecule has 1 N–H and O–H groups in total. The van der Waals surface area contributed by atoms with Crippen molar-refractivity contribution in [2.45, 2.75) is 12.8 Å². The van der Waals surface area contributed by atoms with E-state index in [1.807, 2.05) is 31.1 Å². The third kappa shape index (κ3) is 4.27. The van der Waals surface area contributed by atoms with Crippen molar-refractivity contribution in [3.8, 4) is 17.2 Å². The second-order valence-electron chi connectivity index (χ2n) is 6.26. The molecule has 7 nitrogen and oxygen atoms in total. The summed E-state index contributed by atoms with van der Waals surface area (Å²) in [6.45, 7) is 1.93. The van der Waals surface area contributed by atoms with Crippen LogP contribution in [-0.4, -0.2) is 47.1 Å². The number of hydrogen-bond acceptors (Lipinski definition) is 7. The fourth-order valence-corrected chi connectivity index (χ4v) is 4.95. The maximum atomic E-state index is 13.8. The Balaban J connectivity index is 2.55. The van der Waals surface area contributed by atoms with E-state index in [2.05, 4.69) is 0 Å². The van der Waals surface area contributed by atoms with E-state index in [4.69, 9.17) is 18.7 Å². The summed E-state index contributed by atoms with van der Waals surface area (Å²) >= 11 is 0. The monoisotopic (exact) mass is 409 g/mol. The highest BCUT2D eigenvalue weighted by Gasteiger charge is 2.37. The van der Waals surface area contributed by atoms with E-state index in [1.165, 1.54) is 21.3 Å². The van der Waals surface area contributed by atoms with Crippen molar-refractivity contribution in [2.24, 2.45) is 0 Å². The van der Waals surface area contributed by atoms with Gasteiger partial charge in [0.25, 0.3) is 7.37 Å². The van der Waals surface area contributed by atoms with Crippen LogP contribution in [0.1, 0.15) is 18.3 Å². The summed E-state index contributed by atoms with van der Waals surface area (Å²) in [6, 6.07) is 10.3. The first-order valence-electron chi connectivity index (χ1n) is 8.82. The number of nitrogens with zero attached hydrogens (tertiary/aromatic N) is 1. The summed E-state index contributed by atoms with van der Waals surface area (Å²) in [4.78, 5) is 1.94. The van der Waals surface area contributed by atoms with Crippen LogP contribution in [0.25, 0.3) is 0 Å². The van der Waals surface area contributed by atoms with Crippen molar-refractivity contribution in [1.29, 1.82) is 0 Å². The third-order valence-corrected chi connectivity index (χ3v) is 6.96. The molecule has 2 aromatic rings. The lowest BCUT2D eigenvalue weighted by atomic mass is 10.2. The first-order valence-corrected chi connectivity index (χ1v) is 10.5. The number of aliphatic hydroxyl groups is 1. The van der Waals surface area contributed by atoms with Crippen molar-refractivity contribution >= 4 is 18.4 Å². The average Bonchev–Trinajstić information content (AvgIpc) is 2.72. The Kier molecular flexibility index (Phi) is 7.35. The highest BCUT2D eigenvalue weighted by molar-refractivity contribution is 7.67. The van der Waals surface area contributed by atoms with Gasteiger partial charge in [-0.25, -0.2) is 0 Å². The minimum atomic E-state index is -3.63. The number of rotatable bonds is 9. The summed E-state index contributed by atoms with van der Waals surface area (Å²) in [5, 5.41) is 11.5. The van der Waals surface area contributed by atoms with Crippen molar-refractivity contribution < 1.29 is 28.4 Å². The van der Waals surface area contributed by atoms with Gasteiger partial charge in [-0.05, 0) is 48.9 Å². The average molecular weight is 409 g/mol. The van der Waals surface area contributed by atoms with E-state index in [1.54, 1.807) is 31.2 Å². The first kappa shape index (κ1) is 22.1. The third-order valence-electron chi connectivity index (χ3n) is 4.35. The predicted octanol–water partition coefficient (Wildman–Crippen LogP) is 3.41. The van der Waals surface area contributed by atoms with Crippen LogP contribution in [0.2, 0.25) is 0 Å². The molecule has 28 heavy (non-hydrogen) atoms. The van der Waals surface area contributed by atoms with E-state index in [0.29, 0.717) is 28.1 Å². The van der Waals surface area contributed by atoms with E-state index in [0.717, 1.165) is 5.69 Å². The van der Waals surface area contributed by atoms with Crippen LogP contribution < -0.4 is 24.4 Å². The Morgan fingerprint density at radius 2 is 1.54 bits per heavy atom.